The molecule has 1 rings (SSSR count). The number of carbonyl (C=O) groups excluding carboxylic acids is 2. The van der Waals surface area contributed by atoms with E-state index in [0.29, 0.717) is 18.4 Å². The van der Waals surface area contributed by atoms with E-state index in [9.17, 15) is 9.59 Å². The summed E-state index contributed by atoms with van der Waals surface area (Å²) in [6.45, 7) is 4.29. The average molecular weight is 298 g/mol. The van der Waals surface area contributed by atoms with Crippen LogP contribution in [0.5, 0.6) is 0 Å². The third kappa shape index (κ3) is 6.04. The Hall–Kier alpha value is -1.10. The molecule has 1 amide bonds. The lowest BCUT2D eigenvalue weighted by atomic mass is 9.94. The van der Waals surface area contributed by atoms with Crippen molar-refractivity contribution in [2.75, 3.05) is 20.7 Å². The Morgan fingerprint density at radius 3 is 2.38 bits per heavy atom. The third-order valence-corrected chi connectivity index (χ3v) is 4.21. The van der Waals surface area contributed by atoms with Crippen molar-refractivity contribution in [2.24, 2.45) is 5.92 Å². The fourth-order valence-corrected chi connectivity index (χ4v) is 2.88. The number of amides is 1. The predicted octanol–water partition coefficient (Wildman–Crippen LogP) is 1.95. The molecule has 0 aliphatic heterocycles. The molecule has 0 aromatic carbocycles. The molecule has 0 aromatic rings. The Balaban J connectivity index is 2.45. The molecule has 0 aromatic heterocycles. The zero-order chi connectivity index (χ0) is 15.8. The molecule has 0 radical (unpaired) electrons. The second-order valence-electron chi connectivity index (χ2n) is 6.38. The van der Waals surface area contributed by atoms with E-state index in [4.69, 9.17) is 4.74 Å². The molecule has 1 N–H and O–H groups in total. The topological polar surface area (TPSA) is 58.6 Å². The molecule has 1 aliphatic carbocycles. The summed E-state index contributed by atoms with van der Waals surface area (Å²) in [5.41, 5.74) is 0. The van der Waals surface area contributed by atoms with Crippen molar-refractivity contribution in [1.29, 1.82) is 0 Å². The van der Waals surface area contributed by atoms with Crippen molar-refractivity contribution in [3.8, 4) is 0 Å². The van der Waals surface area contributed by atoms with Gasteiger partial charge in [-0.3, -0.25) is 14.9 Å². The van der Waals surface area contributed by atoms with Crippen molar-refractivity contribution in [3.63, 3.8) is 0 Å². The first-order chi connectivity index (χ1) is 9.95. The summed E-state index contributed by atoms with van der Waals surface area (Å²) >= 11 is 0. The SMILES string of the molecule is COC(=O)C(CC(C)C)NCC(=O)N(C)C1CCCCC1. The van der Waals surface area contributed by atoms with Crippen LogP contribution >= 0.6 is 0 Å². The number of methoxy groups -OCH3 is 1. The maximum absolute atomic E-state index is 12.3. The molecule has 1 fully saturated rings. The van der Waals surface area contributed by atoms with Gasteiger partial charge in [-0.05, 0) is 25.2 Å². The van der Waals surface area contributed by atoms with Gasteiger partial charge in [0, 0.05) is 13.1 Å². The van der Waals surface area contributed by atoms with E-state index in [-0.39, 0.29) is 18.4 Å². The molecule has 0 heterocycles. The smallest absolute Gasteiger partial charge is 0.322 e. The highest BCUT2D eigenvalue weighted by Crippen LogP contribution is 2.21. The molecule has 5 heteroatoms. The quantitative estimate of drug-likeness (QED) is 0.730. The van der Waals surface area contributed by atoms with Gasteiger partial charge in [-0.2, -0.15) is 0 Å². The number of likely N-dealkylation sites (N-methyl/N-ethyl adjacent to an activating group) is 1. The van der Waals surface area contributed by atoms with Gasteiger partial charge in [0.25, 0.3) is 0 Å². The highest BCUT2D eigenvalue weighted by molar-refractivity contribution is 5.80. The zero-order valence-electron chi connectivity index (χ0n) is 13.9. The summed E-state index contributed by atoms with van der Waals surface area (Å²) in [6, 6.07) is -0.0477. The summed E-state index contributed by atoms with van der Waals surface area (Å²) in [5.74, 6) is 0.129. The van der Waals surface area contributed by atoms with Crippen LogP contribution in [0.15, 0.2) is 0 Å². The van der Waals surface area contributed by atoms with Crippen molar-refractivity contribution >= 4 is 11.9 Å². The fraction of sp³-hybridized carbons (Fsp3) is 0.875. The number of carbonyl (C=O) groups is 2. The van der Waals surface area contributed by atoms with Gasteiger partial charge < -0.3 is 9.64 Å². The normalized spacial score (nSPS) is 17.6. The summed E-state index contributed by atoms with van der Waals surface area (Å²) in [7, 11) is 3.25. The van der Waals surface area contributed by atoms with Gasteiger partial charge in [0.15, 0.2) is 0 Å². The van der Waals surface area contributed by atoms with Crippen LogP contribution < -0.4 is 5.32 Å². The van der Waals surface area contributed by atoms with E-state index in [1.807, 2.05) is 25.8 Å². The molecule has 1 unspecified atom stereocenters. The second-order valence-corrected chi connectivity index (χ2v) is 6.38. The standard InChI is InChI=1S/C16H30N2O3/c1-12(2)10-14(16(20)21-4)17-11-15(19)18(3)13-8-6-5-7-9-13/h12-14,17H,5-11H2,1-4H3. The summed E-state index contributed by atoms with van der Waals surface area (Å²) in [4.78, 5) is 25.8. The minimum atomic E-state index is -0.404. The third-order valence-electron chi connectivity index (χ3n) is 4.21. The highest BCUT2D eigenvalue weighted by atomic mass is 16.5. The Morgan fingerprint density at radius 2 is 1.86 bits per heavy atom. The lowest BCUT2D eigenvalue weighted by Crippen LogP contribution is -2.47. The first-order valence-corrected chi connectivity index (χ1v) is 8.02. The van der Waals surface area contributed by atoms with E-state index in [2.05, 4.69) is 5.32 Å². The molecule has 0 saturated heterocycles. The van der Waals surface area contributed by atoms with E-state index >= 15 is 0 Å². The Labute approximate surface area is 128 Å². The van der Waals surface area contributed by atoms with Crippen LogP contribution in [0.4, 0.5) is 0 Å². The summed E-state index contributed by atoms with van der Waals surface area (Å²) in [6.07, 6.45) is 6.54. The van der Waals surface area contributed by atoms with E-state index < -0.39 is 6.04 Å². The summed E-state index contributed by atoms with van der Waals surface area (Å²) < 4.78 is 4.80. The minimum absolute atomic E-state index is 0.0551. The molecule has 21 heavy (non-hydrogen) atoms. The number of rotatable bonds is 7. The van der Waals surface area contributed by atoms with Crippen molar-refractivity contribution in [1.82, 2.24) is 10.2 Å². The van der Waals surface area contributed by atoms with Gasteiger partial charge in [-0.15, -0.1) is 0 Å². The van der Waals surface area contributed by atoms with Crippen LogP contribution in [0.1, 0.15) is 52.4 Å². The lowest BCUT2D eigenvalue weighted by Gasteiger charge is -2.31. The first kappa shape index (κ1) is 18.0. The van der Waals surface area contributed by atoms with Crippen molar-refractivity contribution in [3.05, 3.63) is 0 Å². The average Bonchev–Trinajstić information content (AvgIpc) is 2.50. The number of nitrogens with zero attached hydrogens (tertiary/aromatic N) is 1. The molecular formula is C16H30N2O3. The number of hydrogen-bond acceptors (Lipinski definition) is 4. The Bertz CT molecular complexity index is 338. The van der Waals surface area contributed by atoms with E-state index in [1.165, 1.54) is 26.4 Å². The molecule has 1 aliphatic rings. The van der Waals surface area contributed by atoms with Gasteiger partial charge in [0.1, 0.15) is 6.04 Å². The van der Waals surface area contributed by atoms with Crippen LogP contribution in [0.3, 0.4) is 0 Å². The number of ether oxygens (including phenoxy) is 1. The second kappa shape index (κ2) is 9.03. The van der Waals surface area contributed by atoms with Crippen LogP contribution in [-0.2, 0) is 14.3 Å². The van der Waals surface area contributed by atoms with Gasteiger partial charge in [-0.1, -0.05) is 33.1 Å². The number of hydrogen-bond donors (Lipinski definition) is 1. The van der Waals surface area contributed by atoms with Gasteiger partial charge in [-0.25, -0.2) is 0 Å². The van der Waals surface area contributed by atoms with Crippen molar-refractivity contribution < 1.29 is 14.3 Å². The van der Waals surface area contributed by atoms with Gasteiger partial charge >= 0.3 is 5.97 Å². The van der Waals surface area contributed by atoms with E-state index in [0.717, 1.165) is 12.8 Å². The minimum Gasteiger partial charge on any atom is -0.468 e. The number of nitrogens with one attached hydrogen (secondary N) is 1. The Morgan fingerprint density at radius 1 is 1.24 bits per heavy atom. The molecule has 5 nitrogen and oxygen atoms in total. The van der Waals surface area contributed by atoms with Gasteiger partial charge in [0.05, 0.1) is 13.7 Å². The summed E-state index contributed by atoms with van der Waals surface area (Å²) in [5, 5.41) is 3.06. The maximum Gasteiger partial charge on any atom is 0.322 e. The monoisotopic (exact) mass is 298 g/mol. The fourth-order valence-electron chi connectivity index (χ4n) is 2.88. The van der Waals surface area contributed by atoms with Crippen LogP contribution in [0, 0.1) is 5.92 Å². The van der Waals surface area contributed by atoms with Crippen LogP contribution in [0.25, 0.3) is 0 Å². The molecular weight excluding hydrogens is 268 g/mol. The molecule has 1 atom stereocenters. The first-order valence-electron chi connectivity index (χ1n) is 8.02. The molecule has 1 saturated carbocycles. The highest BCUT2D eigenvalue weighted by Gasteiger charge is 2.25. The molecule has 0 spiro atoms. The zero-order valence-corrected chi connectivity index (χ0v) is 13.9. The van der Waals surface area contributed by atoms with E-state index in [1.54, 1.807) is 0 Å². The van der Waals surface area contributed by atoms with Gasteiger partial charge in [0.2, 0.25) is 5.91 Å². The Kier molecular flexibility index (Phi) is 7.72. The lowest BCUT2D eigenvalue weighted by molar-refractivity contribution is -0.143. The number of esters is 1. The predicted molar refractivity (Wildman–Crippen MR) is 82.9 cm³/mol. The largest absolute Gasteiger partial charge is 0.468 e. The molecule has 122 valence electrons. The van der Waals surface area contributed by atoms with Crippen molar-refractivity contribution in [2.45, 2.75) is 64.5 Å². The van der Waals surface area contributed by atoms with Crippen LogP contribution in [-0.4, -0.2) is 49.6 Å². The van der Waals surface area contributed by atoms with Crippen LogP contribution in [0.2, 0.25) is 0 Å². The molecule has 0 bridgehead atoms. The maximum atomic E-state index is 12.3.